The Balaban J connectivity index is 1.62. The fourth-order valence-electron chi connectivity index (χ4n) is 3.05. The summed E-state index contributed by atoms with van der Waals surface area (Å²) in [6.45, 7) is 2.52. The molecular weight excluding hydrogens is 316 g/mol. The first-order valence-electron chi connectivity index (χ1n) is 8.55. The second-order valence-corrected chi connectivity index (χ2v) is 6.39. The summed E-state index contributed by atoms with van der Waals surface area (Å²) in [6.07, 6.45) is 0.704. The molecular formula is C20H24N2O3. The summed E-state index contributed by atoms with van der Waals surface area (Å²) < 4.78 is 5.20. The van der Waals surface area contributed by atoms with Crippen LogP contribution >= 0.6 is 0 Å². The Morgan fingerprint density at radius 2 is 2.04 bits per heavy atom. The number of benzene rings is 2. The highest BCUT2D eigenvalue weighted by Gasteiger charge is 2.17. The molecule has 0 saturated heterocycles. The summed E-state index contributed by atoms with van der Waals surface area (Å²) in [4.78, 5) is 11.4. The van der Waals surface area contributed by atoms with E-state index in [2.05, 4.69) is 23.6 Å². The molecule has 0 bridgehead atoms. The zero-order chi connectivity index (χ0) is 17.8. The van der Waals surface area contributed by atoms with Gasteiger partial charge in [0.15, 0.2) is 0 Å². The van der Waals surface area contributed by atoms with E-state index in [4.69, 9.17) is 4.74 Å². The highest BCUT2D eigenvalue weighted by atomic mass is 16.5. The van der Waals surface area contributed by atoms with Gasteiger partial charge in [-0.2, -0.15) is 0 Å². The van der Waals surface area contributed by atoms with E-state index in [9.17, 15) is 9.90 Å². The fourth-order valence-corrected chi connectivity index (χ4v) is 3.05. The molecule has 0 radical (unpaired) electrons. The van der Waals surface area contributed by atoms with Crippen LogP contribution in [0.25, 0.3) is 0 Å². The molecule has 132 valence electrons. The average Bonchev–Trinajstić information content (AvgIpc) is 2.65. The number of methoxy groups -OCH3 is 1. The highest BCUT2D eigenvalue weighted by Crippen LogP contribution is 2.26. The number of hydrogen-bond acceptors (Lipinski definition) is 4. The second kappa shape index (κ2) is 7.68. The van der Waals surface area contributed by atoms with Crippen LogP contribution in [0.4, 0.5) is 5.69 Å². The largest absolute Gasteiger partial charge is 0.497 e. The summed E-state index contributed by atoms with van der Waals surface area (Å²) in [5, 5.41) is 16.7. The van der Waals surface area contributed by atoms with E-state index in [0.29, 0.717) is 13.0 Å². The molecule has 1 amide bonds. The zero-order valence-electron chi connectivity index (χ0n) is 14.6. The van der Waals surface area contributed by atoms with Crippen molar-refractivity contribution < 1.29 is 14.6 Å². The van der Waals surface area contributed by atoms with Gasteiger partial charge >= 0.3 is 0 Å². The summed E-state index contributed by atoms with van der Waals surface area (Å²) in [5.74, 6) is 0.814. The first-order valence-corrected chi connectivity index (χ1v) is 8.55. The maximum Gasteiger partial charge on any atom is 0.224 e. The zero-order valence-corrected chi connectivity index (χ0v) is 14.6. The molecule has 1 aliphatic rings. The molecule has 2 aromatic rings. The molecule has 5 nitrogen and oxygen atoms in total. The third kappa shape index (κ3) is 4.18. The van der Waals surface area contributed by atoms with Crippen molar-refractivity contribution in [3.8, 4) is 5.75 Å². The van der Waals surface area contributed by atoms with Crippen LogP contribution in [0.15, 0.2) is 42.5 Å². The van der Waals surface area contributed by atoms with E-state index in [-0.39, 0.29) is 11.9 Å². The minimum Gasteiger partial charge on any atom is -0.497 e. The maximum absolute atomic E-state index is 11.4. The predicted octanol–water partition coefficient (Wildman–Crippen LogP) is 2.96. The fraction of sp³-hybridized carbons (Fsp3) is 0.350. The number of rotatable bonds is 6. The molecule has 3 N–H and O–H groups in total. The topological polar surface area (TPSA) is 70.6 Å². The number of aryl methyl sites for hydroxylation is 1. The van der Waals surface area contributed by atoms with Crippen LogP contribution < -0.4 is 15.4 Å². The van der Waals surface area contributed by atoms with E-state index < -0.39 is 6.10 Å². The number of carbonyl (C=O) groups excluding carboxylic acids is 1. The number of anilines is 1. The van der Waals surface area contributed by atoms with Gasteiger partial charge in [0, 0.05) is 24.7 Å². The lowest BCUT2D eigenvalue weighted by atomic mass is 9.97. The van der Waals surface area contributed by atoms with Crippen LogP contribution in [0, 0.1) is 0 Å². The Morgan fingerprint density at radius 1 is 1.20 bits per heavy atom. The Morgan fingerprint density at radius 3 is 2.84 bits per heavy atom. The molecule has 0 aromatic heterocycles. The molecule has 0 fully saturated rings. The van der Waals surface area contributed by atoms with Gasteiger partial charge in [0.1, 0.15) is 5.75 Å². The third-order valence-corrected chi connectivity index (χ3v) is 4.62. The normalized spacial score (nSPS) is 15.9. The lowest BCUT2D eigenvalue weighted by Crippen LogP contribution is -2.25. The molecule has 1 aliphatic heterocycles. The van der Waals surface area contributed by atoms with Crippen molar-refractivity contribution in [1.82, 2.24) is 5.32 Å². The van der Waals surface area contributed by atoms with Crippen molar-refractivity contribution in [2.24, 2.45) is 0 Å². The standard InChI is InChI=1S/C20H24N2O3/c1-13(14-6-8-18-15(10-14)7-9-20(24)22-18)21-12-19(23)16-4-3-5-17(11-16)25-2/h3-6,8,10-11,13,19,21,23H,7,9,12H2,1-2H3,(H,22,24). The number of hydrogen-bond donors (Lipinski definition) is 3. The molecule has 0 aliphatic carbocycles. The Bertz CT molecular complexity index is 760. The quantitative estimate of drug-likeness (QED) is 0.756. The first kappa shape index (κ1) is 17.5. The molecule has 2 unspecified atom stereocenters. The predicted molar refractivity (Wildman–Crippen MR) is 97.8 cm³/mol. The lowest BCUT2D eigenvalue weighted by molar-refractivity contribution is -0.116. The highest BCUT2D eigenvalue weighted by molar-refractivity contribution is 5.93. The summed E-state index contributed by atoms with van der Waals surface area (Å²) >= 11 is 0. The van der Waals surface area contributed by atoms with Crippen molar-refractivity contribution >= 4 is 11.6 Å². The van der Waals surface area contributed by atoms with E-state index >= 15 is 0 Å². The molecule has 1 heterocycles. The van der Waals surface area contributed by atoms with Gasteiger partial charge in [0.25, 0.3) is 0 Å². The summed E-state index contributed by atoms with van der Waals surface area (Å²) in [7, 11) is 1.62. The van der Waals surface area contributed by atoms with Crippen LogP contribution in [0.2, 0.25) is 0 Å². The van der Waals surface area contributed by atoms with Crippen LogP contribution in [0.5, 0.6) is 5.75 Å². The number of carbonyl (C=O) groups is 1. The van der Waals surface area contributed by atoms with Crippen LogP contribution in [-0.4, -0.2) is 24.7 Å². The maximum atomic E-state index is 11.4. The Kier molecular flexibility index (Phi) is 5.36. The SMILES string of the molecule is COc1cccc(C(O)CNC(C)c2ccc3c(c2)CCC(=O)N3)c1. The minimum atomic E-state index is -0.602. The van der Waals surface area contributed by atoms with E-state index in [1.807, 2.05) is 36.4 Å². The van der Waals surface area contributed by atoms with Crippen LogP contribution in [-0.2, 0) is 11.2 Å². The third-order valence-electron chi connectivity index (χ3n) is 4.62. The van der Waals surface area contributed by atoms with E-state index in [0.717, 1.165) is 29.0 Å². The number of amides is 1. The molecule has 2 atom stereocenters. The van der Waals surface area contributed by atoms with Gasteiger partial charge in [-0.1, -0.05) is 24.3 Å². The van der Waals surface area contributed by atoms with E-state index in [1.54, 1.807) is 7.11 Å². The first-order chi connectivity index (χ1) is 12.1. The van der Waals surface area contributed by atoms with Gasteiger partial charge < -0.3 is 20.5 Å². The molecule has 25 heavy (non-hydrogen) atoms. The van der Waals surface area contributed by atoms with Crippen molar-refractivity contribution in [3.63, 3.8) is 0 Å². The summed E-state index contributed by atoms with van der Waals surface area (Å²) in [5.41, 5.74) is 4.04. The Hall–Kier alpha value is -2.37. The van der Waals surface area contributed by atoms with Crippen LogP contribution in [0.1, 0.15) is 42.2 Å². The monoisotopic (exact) mass is 340 g/mol. The Labute approximate surface area is 148 Å². The molecule has 3 rings (SSSR count). The van der Waals surface area contributed by atoms with Crippen LogP contribution in [0.3, 0.4) is 0 Å². The number of nitrogens with one attached hydrogen (secondary N) is 2. The van der Waals surface area contributed by atoms with Crippen molar-refractivity contribution in [2.75, 3.05) is 19.0 Å². The lowest BCUT2D eigenvalue weighted by Gasteiger charge is -2.21. The number of fused-ring (bicyclic) bond motifs is 1. The van der Waals surface area contributed by atoms with Gasteiger partial charge in [0.05, 0.1) is 13.2 Å². The van der Waals surface area contributed by atoms with Gasteiger partial charge in [-0.15, -0.1) is 0 Å². The van der Waals surface area contributed by atoms with Gasteiger partial charge in [-0.3, -0.25) is 4.79 Å². The minimum absolute atomic E-state index is 0.0767. The smallest absolute Gasteiger partial charge is 0.224 e. The molecule has 0 saturated carbocycles. The van der Waals surface area contributed by atoms with Crippen molar-refractivity contribution in [1.29, 1.82) is 0 Å². The number of ether oxygens (including phenoxy) is 1. The van der Waals surface area contributed by atoms with Crippen molar-refractivity contribution in [2.45, 2.75) is 31.9 Å². The average molecular weight is 340 g/mol. The van der Waals surface area contributed by atoms with Gasteiger partial charge in [0.2, 0.25) is 5.91 Å². The molecule has 2 aromatic carbocycles. The molecule has 5 heteroatoms. The second-order valence-electron chi connectivity index (χ2n) is 6.39. The van der Waals surface area contributed by atoms with Gasteiger partial charge in [-0.05, 0) is 48.2 Å². The number of aliphatic hydroxyl groups excluding tert-OH is 1. The van der Waals surface area contributed by atoms with E-state index in [1.165, 1.54) is 5.56 Å². The van der Waals surface area contributed by atoms with Gasteiger partial charge in [-0.25, -0.2) is 0 Å². The summed E-state index contributed by atoms with van der Waals surface area (Å²) in [6, 6.07) is 13.7. The molecule has 0 spiro atoms. The number of aliphatic hydroxyl groups is 1. The van der Waals surface area contributed by atoms with Crippen molar-refractivity contribution in [3.05, 3.63) is 59.2 Å².